The number of nitrogens with one attached hydrogen (secondary N) is 3. The van der Waals surface area contributed by atoms with Gasteiger partial charge in [-0.3, -0.25) is 4.99 Å². The zero-order valence-corrected chi connectivity index (χ0v) is 19.4. The van der Waals surface area contributed by atoms with Crippen LogP contribution in [0.4, 0.5) is 13.2 Å². The molecule has 2 atom stereocenters. The molecular formula is C16H26F3IN4O2S2. The highest BCUT2D eigenvalue weighted by molar-refractivity contribution is 14.0. The number of hydrogen-bond acceptors (Lipinski definition) is 4. The van der Waals surface area contributed by atoms with Crippen LogP contribution in [-0.2, 0) is 10.0 Å². The molecule has 0 aliphatic heterocycles. The summed E-state index contributed by atoms with van der Waals surface area (Å²) in [5, 5.41) is 7.72. The van der Waals surface area contributed by atoms with Crippen molar-refractivity contribution in [3.8, 4) is 0 Å². The molecule has 12 heteroatoms. The molecule has 1 aliphatic rings. The van der Waals surface area contributed by atoms with Gasteiger partial charge in [0.05, 0.1) is 12.5 Å². The normalized spacial score (nSPS) is 21.1. The monoisotopic (exact) mass is 554 g/mol. The van der Waals surface area contributed by atoms with E-state index in [2.05, 4.69) is 20.3 Å². The van der Waals surface area contributed by atoms with Gasteiger partial charge in [-0.25, -0.2) is 13.1 Å². The van der Waals surface area contributed by atoms with Crippen LogP contribution < -0.4 is 15.4 Å². The van der Waals surface area contributed by atoms with Crippen LogP contribution in [0, 0.1) is 5.92 Å². The highest BCUT2D eigenvalue weighted by Crippen LogP contribution is 2.37. The first-order valence-electron chi connectivity index (χ1n) is 8.87. The van der Waals surface area contributed by atoms with E-state index in [9.17, 15) is 21.6 Å². The smallest absolute Gasteiger partial charge is 0.357 e. The molecular weight excluding hydrogens is 528 g/mol. The fourth-order valence-electron chi connectivity index (χ4n) is 2.97. The van der Waals surface area contributed by atoms with Crippen LogP contribution in [0.1, 0.15) is 32.6 Å². The minimum atomic E-state index is -4.17. The summed E-state index contributed by atoms with van der Waals surface area (Å²) in [4.78, 5) is 4.27. The third-order valence-corrected chi connectivity index (χ3v) is 7.11. The van der Waals surface area contributed by atoms with Gasteiger partial charge < -0.3 is 10.6 Å². The SMILES string of the molecule is CCNC(=NCCNS(=O)(=O)c1cccs1)NC1CCCC(C(F)(F)F)C1.I. The Balaban J connectivity index is 0.00000392. The summed E-state index contributed by atoms with van der Waals surface area (Å²) in [6.45, 7) is 2.69. The van der Waals surface area contributed by atoms with Gasteiger partial charge in [-0.1, -0.05) is 12.5 Å². The summed E-state index contributed by atoms with van der Waals surface area (Å²) in [6, 6.07) is 2.87. The van der Waals surface area contributed by atoms with Crippen LogP contribution in [0.25, 0.3) is 0 Å². The molecule has 3 N–H and O–H groups in total. The first kappa shape index (κ1) is 25.4. The van der Waals surface area contributed by atoms with Crippen molar-refractivity contribution < 1.29 is 21.6 Å². The summed E-state index contributed by atoms with van der Waals surface area (Å²) in [6.07, 6.45) is -2.81. The van der Waals surface area contributed by atoms with Crippen molar-refractivity contribution in [2.24, 2.45) is 10.9 Å². The lowest BCUT2D eigenvalue weighted by atomic mass is 9.85. The molecule has 1 fully saturated rings. The molecule has 1 heterocycles. The third-order valence-electron chi connectivity index (χ3n) is 4.26. The number of alkyl halides is 3. The Hall–Kier alpha value is -0.600. The molecule has 0 aromatic carbocycles. The number of halogens is 4. The number of nitrogens with zero attached hydrogens (tertiary/aromatic N) is 1. The zero-order chi connectivity index (χ0) is 19.9. The number of rotatable bonds is 7. The first-order chi connectivity index (χ1) is 12.7. The molecule has 1 saturated carbocycles. The molecule has 1 aliphatic carbocycles. The van der Waals surface area contributed by atoms with Crippen molar-refractivity contribution in [2.75, 3.05) is 19.6 Å². The maximum Gasteiger partial charge on any atom is 0.391 e. The number of hydrogen-bond donors (Lipinski definition) is 3. The summed E-state index contributed by atoms with van der Waals surface area (Å²) in [5.74, 6) is -0.884. The molecule has 6 nitrogen and oxygen atoms in total. The molecule has 0 bridgehead atoms. The summed E-state index contributed by atoms with van der Waals surface area (Å²) >= 11 is 1.12. The van der Waals surface area contributed by atoms with E-state index in [-0.39, 0.29) is 60.2 Å². The minimum Gasteiger partial charge on any atom is -0.357 e. The Morgan fingerprint density at radius 1 is 1.36 bits per heavy atom. The molecule has 162 valence electrons. The Morgan fingerprint density at radius 3 is 2.71 bits per heavy atom. The quantitative estimate of drug-likeness (QED) is 0.209. The maximum atomic E-state index is 12.9. The second-order valence-electron chi connectivity index (χ2n) is 6.34. The van der Waals surface area contributed by atoms with Crippen molar-refractivity contribution in [2.45, 2.75) is 49.0 Å². The lowest BCUT2D eigenvalue weighted by molar-refractivity contribution is -0.183. The minimum absolute atomic E-state index is 0. The number of aliphatic imine (C=N–C) groups is 1. The van der Waals surface area contributed by atoms with Gasteiger partial charge >= 0.3 is 6.18 Å². The van der Waals surface area contributed by atoms with E-state index >= 15 is 0 Å². The Bertz CT molecular complexity index is 712. The second kappa shape index (κ2) is 11.6. The van der Waals surface area contributed by atoms with Gasteiger partial charge in [0.2, 0.25) is 10.0 Å². The summed E-state index contributed by atoms with van der Waals surface area (Å²) in [5.41, 5.74) is 0. The van der Waals surface area contributed by atoms with Gasteiger partial charge in [0.25, 0.3) is 0 Å². The second-order valence-corrected chi connectivity index (χ2v) is 9.28. The van der Waals surface area contributed by atoms with Gasteiger partial charge in [0.1, 0.15) is 4.21 Å². The van der Waals surface area contributed by atoms with E-state index in [0.29, 0.717) is 25.3 Å². The molecule has 0 amide bonds. The largest absolute Gasteiger partial charge is 0.391 e. The Labute approximate surface area is 184 Å². The molecule has 0 saturated heterocycles. The Kier molecular flexibility index (Phi) is 10.5. The van der Waals surface area contributed by atoms with Crippen molar-refractivity contribution in [3.05, 3.63) is 17.5 Å². The molecule has 0 radical (unpaired) electrons. The van der Waals surface area contributed by atoms with E-state index in [4.69, 9.17) is 0 Å². The molecule has 0 spiro atoms. The lowest BCUT2D eigenvalue weighted by Gasteiger charge is -2.31. The van der Waals surface area contributed by atoms with Gasteiger partial charge in [0.15, 0.2) is 5.96 Å². The fraction of sp³-hybridized carbons (Fsp3) is 0.688. The van der Waals surface area contributed by atoms with Gasteiger partial charge in [-0.05, 0) is 37.6 Å². The third kappa shape index (κ3) is 8.03. The van der Waals surface area contributed by atoms with Crippen molar-refractivity contribution >= 4 is 51.3 Å². The first-order valence-corrected chi connectivity index (χ1v) is 11.2. The van der Waals surface area contributed by atoms with Gasteiger partial charge in [0, 0.05) is 19.1 Å². The van der Waals surface area contributed by atoms with E-state index < -0.39 is 22.1 Å². The predicted molar refractivity (Wildman–Crippen MR) is 116 cm³/mol. The van der Waals surface area contributed by atoms with Crippen LogP contribution in [-0.4, -0.2) is 46.2 Å². The predicted octanol–water partition coefficient (Wildman–Crippen LogP) is 3.32. The average Bonchev–Trinajstić information content (AvgIpc) is 3.14. The number of thiophene rings is 1. The summed E-state index contributed by atoms with van der Waals surface area (Å²) < 4.78 is 65.6. The molecule has 2 rings (SSSR count). The Morgan fingerprint density at radius 2 is 2.11 bits per heavy atom. The van der Waals surface area contributed by atoms with Crippen LogP contribution in [0.3, 0.4) is 0 Å². The van der Waals surface area contributed by atoms with Gasteiger partial charge in [-0.15, -0.1) is 35.3 Å². The van der Waals surface area contributed by atoms with Crippen molar-refractivity contribution in [3.63, 3.8) is 0 Å². The average molecular weight is 554 g/mol. The van der Waals surface area contributed by atoms with E-state index in [0.717, 1.165) is 11.3 Å². The van der Waals surface area contributed by atoms with Crippen LogP contribution in [0.5, 0.6) is 0 Å². The lowest BCUT2D eigenvalue weighted by Crippen LogP contribution is -2.47. The highest BCUT2D eigenvalue weighted by Gasteiger charge is 2.42. The van der Waals surface area contributed by atoms with Crippen LogP contribution in [0.15, 0.2) is 26.7 Å². The van der Waals surface area contributed by atoms with E-state index in [1.54, 1.807) is 11.4 Å². The molecule has 2 unspecified atom stereocenters. The van der Waals surface area contributed by atoms with E-state index in [1.165, 1.54) is 6.07 Å². The van der Waals surface area contributed by atoms with Crippen LogP contribution >= 0.6 is 35.3 Å². The van der Waals surface area contributed by atoms with Crippen molar-refractivity contribution in [1.29, 1.82) is 0 Å². The molecule has 1 aromatic heterocycles. The summed E-state index contributed by atoms with van der Waals surface area (Å²) in [7, 11) is -3.54. The fourth-order valence-corrected chi connectivity index (χ4v) is 5.03. The highest BCUT2D eigenvalue weighted by atomic mass is 127. The molecule has 1 aromatic rings. The standard InChI is InChI=1S/C16H25F3N4O2S2.HI/c1-2-20-15(23-13-6-3-5-12(11-13)16(17,18)19)21-8-9-22-27(24,25)14-7-4-10-26-14;/h4,7,10,12-13,22H,2-3,5-6,8-9,11H2,1H3,(H2,20,21,23);1H. The van der Waals surface area contributed by atoms with Crippen molar-refractivity contribution in [1.82, 2.24) is 15.4 Å². The topological polar surface area (TPSA) is 82.6 Å². The van der Waals surface area contributed by atoms with Gasteiger partial charge in [-0.2, -0.15) is 13.2 Å². The van der Waals surface area contributed by atoms with E-state index in [1.807, 2.05) is 6.92 Å². The zero-order valence-electron chi connectivity index (χ0n) is 15.5. The maximum absolute atomic E-state index is 12.9. The van der Waals surface area contributed by atoms with Crippen LogP contribution in [0.2, 0.25) is 0 Å². The molecule has 28 heavy (non-hydrogen) atoms. The number of guanidine groups is 1. The number of sulfonamides is 1.